The van der Waals surface area contributed by atoms with E-state index in [-0.39, 0.29) is 17.1 Å². The number of urea groups is 1. The fourth-order valence-electron chi connectivity index (χ4n) is 1.80. The average Bonchev–Trinajstić information content (AvgIpc) is 2.58. The fourth-order valence-corrected chi connectivity index (χ4v) is 1.95. The van der Waals surface area contributed by atoms with Gasteiger partial charge in [-0.1, -0.05) is 18.3 Å². The number of imide groups is 2. The Morgan fingerprint density at radius 2 is 1.95 bits per heavy atom. The molecule has 0 unspecified atom stereocenters. The van der Waals surface area contributed by atoms with Gasteiger partial charge in [-0.25, -0.2) is 9.18 Å². The van der Waals surface area contributed by atoms with Crippen molar-refractivity contribution < 1.29 is 18.8 Å². The van der Waals surface area contributed by atoms with Crippen molar-refractivity contribution >= 4 is 35.1 Å². The lowest BCUT2D eigenvalue weighted by Crippen LogP contribution is -2.31. The molecule has 0 aliphatic carbocycles. The Morgan fingerprint density at radius 3 is 2.45 bits per heavy atom. The maximum absolute atomic E-state index is 13.4. The Bertz CT molecular complexity index is 647. The second-order valence-corrected chi connectivity index (χ2v) is 4.66. The number of benzene rings is 1. The fraction of sp³-hybridized carbons (Fsp3) is 0.167. The number of amides is 4. The Morgan fingerprint density at radius 1 is 1.30 bits per heavy atom. The molecule has 4 amide bonds. The zero-order chi connectivity index (χ0) is 15.0. The van der Waals surface area contributed by atoms with Gasteiger partial charge in [-0.3, -0.25) is 19.4 Å². The lowest BCUT2D eigenvalue weighted by molar-refractivity contribution is -0.143. The highest BCUT2D eigenvalue weighted by atomic mass is 32.1. The van der Waals surface area contributed by atoms with E-state index in [4.69, 9.17) is 18.0 Å². The van der Waals surface area contributed by atoms with Crippen LogP contribution in [-0.2, 0) is 16.1 Å². The number of thiocarbonyl (C=S) groups is 1. The zero-order valence-electron chi connectivity index (χ0n) is 10.4. The van der Waals surface area contributed by atoms with Gasteiger partial charge in [-0.15, -0.1) is 0 Å². The molecular weight excluding hydrogens is 285 g/mol. The molecule has 8 heteroatoms. The Balaban J connectivity index is 2.29. The molecule has 1 heterocycles. The lowest BCUT2D eigenvalue weighted by atomic mass is 10.1. The van der Waals surface area contributed by atoms with Crippen molar-refractivity contribution in [3.63, 3.8) is 0 Å². The summed E-state index contributed by atoms with van der Waals surface area (Å²) in [6.45, 7) is -0.149. The van der Waals surface area contributed by atoms with E-state index in [1.165, 1.54) is 19.2 Å². The highest BCUT2D eigenvalue weighted by molar-refractivity contribution is 7.80. The van der Waals surface area contributed by atoms with E-state index in [1.54, 1.807) is 0 Å². The number of halogens is 1. The molecule has 0 bridgehead atoms. The summed E-state index contributed by atoms with van der Waals surface area (Å²) in [5, 5.41) is 0. The van der Waals surface area contributed by atoms with Crippen molar-refractivity contribution in [2.75, 3.05) is 7.05 Å². The smallest absolute Gasteiger partial charge is 0.334 e. The van der Waals surface area contributed by atoms with Crippen LogP contribution in [0.3, 0.4) is 0 Å². The minimum atomic E-state index is -0.918. The number of carbonyl (C=O) groups excluding carboxylic acids is 3. The van der Waals surface area contributed by atoms with Crippen molar-refractivity contribution in [3.05, 3.63) is 35.1 Å². The molecule has 0 saturated carbocycles. The molecule has 1 aliphatic heterocycles. The zero-order valence-corrected chi connectivity index (χ0v) is 11.2. The number of likely N-dealkylation sites (N-methyl/N-ethyl adjacent to an activating group) is 1. The van der Waals surface area contributed by atoms with Crippen molar-refractivity contribution in [2.24, 2.45) is 5.73 Å². The molecule has 0 aromatic heterocycles. The van der Waals surface area contributed by atoms with E-state index in [0.717, 1.165) is 15.9 Å². The lowest BCUT2D eigenvalue weighted by Gasteiger charge is -2.13. The van der Waals surface area contributed by atoms with E-state index < -0.39 is 23.7 Å². The van der Waals surface area contributed by atoms with Crippen LogP contribution in [0, 0.1) is 5.82 Å². The average molecular weight is 295 g/mol. The molecule has 1 saturated heterocycles. The summed E-state index contributed by atoms with van der Waals surface area (Å²) in [5.41, 5.74) is 5.84. The van der Waals surface area contributed by atoms with Crippen LogP contribution in [0.2, 0.25) is 0 Å². The topological polar surface area (TPSA) is 83.7 Å². The summed E-state index contributed by atoms with van der Waals surface area (Å²) >= 11 is 4.70. The first-order valence-corrected chi connectivity index (χ1v) is 5.95. The SMILES string of the molecule is CN1C(=O)C(=O)N(Cc2ccc(F)c(C(N)=S)c2)C1=O. The standard InChI is InChI=1S/C12H10FN3O3S/c1-15-10(17)11(18)16(12(15)19)5-6-2-3-8(13)7(4-6)9(14)20/h2-4H,5H2,1H3,(H2,14,20). The Labute approximate surface area is 118 Å². The van der Waals surface area contributed by atoms with E-state index >= 15 is 0 Å². The number of hydrogen-bond acceptors (Lipinski definition) is 4. The molecule has 0 spiro atoms. The van der Waals surface area contributed by atoms with Crippen LogP contribution in [-0.4, -0.2) is 39.7 Å². The first-order valence-electron chi connectivity index (χ1n) is 5.54. The van der Waals surface area contributed by atoms with E-state index in [0.29, 0.717) is 5.56 Å². The molecule has 1 aliphatic rings. The third kappa shape index (κ3) is 2.25. The highest BCUT2D eigenvalue weighted by Crippen LogP contribution is 2.17. The molecule has 20 heavy (non-hydrogen) atoms. The van der Waals surface area contributed by atoms with Gasteiger partial charge in [0.15, 0.2) is 0 Å². The van der Waals surface area contributed by atoms with Crippen LogP contribution < -0.4 is 5.73 Å². The van der Waals surface area contributed by atoms with Gasteiger partial charge in [0.1, 0.15) is 10.8 Å². The second-order valence-electron chi connectivity index (χ2n) is 4.22. The van der Waals surface area contributed by atoms with Crippen molar-refractivity contribution in [2.45, 2.75) is 6.54 Å². The Kier molecular flexibility index (Phi) is 3.49. The summed E-state index contributed by atoms with van der Waals surface area (Å²) < 4.78 is 13.4. The third-order valence-corrected chi connectivity index (χ3v) is 3.11. The summed E-state index contributed by atoms with van der Waals surface area (Å²) in [5.74, 6) is -2.40. The summed E-state index contributed by atoms with van der Waals surface area (Å²) in [6.07, 6.45) is 0. The molecule has 2 N–H and O–H groups in total. The monoisotopic (exact) mass is 295 g/mol. The number of hydrogen-bond donors (Lipinski definition) is 1. The van der Waals surface area contributed by atoms with E-state index in [9.17, 15) is 18.8 Å². The predicted octanol–water partition coefficient (Wildman–Crippen LogP) is 0.380. The quantitative estimate of drug-likeness (QED) is 0.495. The molecular formula is C12H10FN3O3S. The number of nitrogens with zero attached hydrogens (tertiary/aromatic N) is 2. The van der Waals surface area contributed by atoms with Crippen molar-refractivity contribution in [3.8, 4) is 0 Å². The Hall–Kier alpha value is -2.35. The normalized spacial score (nSPS) is 15.2. The first-order chi connectivity index (χ1) is 9.32. The number of nitrogens with two attached hydrogens (primary N) is 1. The summed E-state index contributed by atoms with van der Waals surface area (Å²) in [6, 6.07) is 3.16. The largest absolute Gasteiger partial charge is 0.389 e. The summed E-state index contributed by atoms with van der Waals surface area (Å²) in [7, 11) is 1.22. The van der Waals surface area contributed by atoms with Gasteiger partial charge in [-0.2, -0.15) is 0 Å². The van der Waals surface area contributed by atoms with Crippen LogP contribution in [0.15, 0.2) is 18.2 Å². The molecule has 1 fully saturated rings. The van der Waals surface area contributed by atoms with Gasteiger partial charge in [0, 0.05) is 12.6 Å². The highest BCUT2D eigenvalue weighted by Gasteiger charge is 2.42. The van der Waals surface area contributed by atoms with Crippen LogP contribution in [0.1, 0.15) is 11.1 Å². The van der Waals surface area contributed by atoms with Crippen LogP contribution in [0.4, 0.5) is 9.18 Å². The van der Waals surface area contributed by atoms with E-state index in [1.807, 2.05) is 0 Å². The van der Waals surface area contributed by atoms with Gasteiger partial charge >= 0.3 is 17.8 Å². The van der Waals surface area contributed by atoms with Crippen molar-refractivity contribution in [1.29, 1.82) is 0 Å². The minimum Gasteiger partial charge on any atom is -0.389 e. The molecule has 1 aromatic carbocycles. The molecule has 0 atom stereocenters. The van der Waals surface area contributed by atoms with Gasteiger partial charge in [0.05, 0.1) is 6.54 Å². The second kappa shape index (κ2) is 4.97. The van der Waals surface area contributed by atoms with Gasteiger partial charge in [0.2, 0.25) is 0 Å². The third-order valence-electron chi connectivity index (χ3n) is 2.89. The predicted molar refractivity (Wildman–Crippen MR) is 71.0 cm³/mol. The van der Waals surface area contributed by atoms with Gasteiger partial charge in [-0.05, 0) is 17.7 Å². The maximum Gasteiger partial charge on any atom is 0.334 e. The number of rotatable bonds is 3. The number of carbonyl (C=O) groups is 3. The van der Waals surface area contributed by atoms with E-state index in [2.05, 4.69) is 0 Å². The minimum absolute atomic E-state index is 0.0243. The van der Waals surface area contributed by atoms with Gasteiger partial charge in [0.25, 0.3) is 0 Å². The van der Waals surface area contributed by atoms with Crippen LogP contribution in [0.25, 0.3) is 0 Å². The molecule has 1 aromatic rings. The summed E-state index contributed by atoms with van der Waals surface area (Å²) in [4.78, 5) is 36.0. The van der Waals surface area contributed by atoms with Crippen LogP contribution >= 0.6 is 12.2 Å². The molecule has 104 valence electrons. The van der Waals surface area contributed by atoms with Crippen LogP contribution in [0.5, 0.6) is 0 Å². The molecule has 6 nitrogen and oxygen atoms in total. The van der Waals surface area contributed by atoms with Crippen molar-refractivity contribution in [1.82, 2.24) is 9.80 Å². The van der Waals surface area contributed by atoms with Gasteiger partial charge < -0.3 is 5.73 Å². The molecule has 2 rings (SSSR count). The maximum atomic E-state index is 13.4. The first kappa shape index (κ1) is 14.1. The molecule has 0 radical (unpaired) electrons.